The van der Waals surface area contributed by atoms with Crippen molar-refractivity contribution < 1.29 is 60.2 Å². The second-order valence-electron chi connectivity index (χ2n) is 35.9. The molecule has 1 aliphatic rings. The van der Waals surface area contributed by atoms with Gasteiger partial charge in [-0.2, -0.15) is 0 Å². The van der Waals surface area contributed by atoms with Gasteiger partial charge in [0.1, 0.15) is 5.60 Å². The van der Waals surface area contributed by atoms with Gasteiger partial charge in [-0.1, -0.05) is 234 Å². The summed E-state index contributed by atoms with van der Waals surface area (Å²) in [7, 11) is 1.81. The van der Waals surface area contributed by atoms with Crippen LogP contribution in [0.3, 0.4) is 0 Å². The summed E-state index contributed by atoms with van der Waals surface area (Å²) in [6.07, 6.45) is 54.7. The Kier molecular flexibility index (Phi) is 96.2. The Balaban J connectivity index is -0.000000125. The van der Waals surface area contributed by atoms with Crippen molar-refractivity contribution in [3.63, 3.8) is 0 Å². The highest BCUT2D eigenvalue weighted by molar-refractivity contribution is 5.82. The minimum absolute atomic E-state index is 0. The second-order valence-corrected chi connectivity index (χ2v) is 35.9. The highest BCUT2D eigenvalue weighted by Gasteiger charge is 2.25. The summed E-state index contributed by atoms with van der Waals surface area (Å²) in [6.45, 7) is 93.2. The topological polar surface area (TPSA) is 181 Å². The molecule has 1 heterocycles. The van der Waals surface area contributed by atoms with Crippen molar-refractivity contribution in [2.24, 2.45) is 0 Å². The van der Waals surface area contributed by atoms with E-state index < -0.39 is 39.9 Å². The van der Waals surface area contributed by atoms with E-state index in [1.807, 2.05) is 76.2 Å². The molecule has 720 valence electrons. The second kappa shape index (κ2) is 85.0. The Bertz CT molecular complexity index is 2620. The van der Waals surface area contributed by atoms with Crippen molar-refractivity contribution in [1.82, 2.24) is 0 Å². The van der Waals surface area contributed by atoms with Crippen molar-refractivity contribution in [3.8, 4) is 0 Å². The van der Waals surface area contributed by atoms with Crippen LogP contribution in [0.4, 0.5) is 0 Å². The normalized spacial score (nSPS) is 16.4. The van der Waals surface area contributed by atoms with E-state index in [-0.39, 0.29) is 18.2 Å². The molecule has 0 aromatic carbocycles. The number of ether oxygens (including phenoxy) is 5. The van der Waals surface area contributed by atoms with Gasteiger partial charge in [-0.25, -0.2) is 0 Å². The quantitative estimate of drug-likeness (QED) is 0.0169. The Morgan fingerprint density at radius 2 is 0.562 bits per heavy atom. The molecule has 1 saturated heterocycles. The van der Waals surface area contributed by atoms with Crippen LogP contribution in [0.5, 0.6) is 0 Å². The molecule has 8 unspecified atom stereocenters. The van der Waals surface area contributed by atoms with Gasteiger partial charge in [0.2, 0.25) is 0 Å². The lowest BCUT2D eigenvalue weighted by Crippen LogP contribution is -2.28. The molecule has 1 rings (SSSR count). The summed E-state index contributed by atoms with van der Waals surface area (Å²) in [5.74, 6) is -0.310. The third-order valence-electron chi connectivity index (χ3n) is 22.8. The number of hydrogen-bond donors (Lipinski definition) is 5. The van der Waals surface area contributed by atoms with Gasteiger partial charge in [0.05, 0.1) is 51.6 Å². The van der Waals surface area contributed by atoms with E-state index in [0.717, 1.165) is 230 Å². The molecule has 8 atom stereocenters. The average molecular weight is 1710 g/mol. The first-order valence-corrected chi connectivity index (χ1v) is 47.5. The maximum atomic E-state index is 9.81. The molecule has 0 bridgehead atoms. The Morgan fingerprint density at radius 3 is 0.719 bits per heavy atom. The molecule has 0 aromatic heterocycles. The van der Waals surface area contributed by atoms with Gasteiger partial charge in [0.15, 0.2) is 0 Å². The van der Waals surface area contributed by atoms with Crippen molar-refractivity contribution in [3.05, 3.63) is 142 Å². The number of esters is 2. The lowest BCUT2D eigenvalue weighted by molar-refractivity contribution is -0.156. The zero-order valence-electron chi connectivity index (χ0n) is 87.8. The SMILES string of the molecule is C1CCOC1.C=C(C)CC.C=C(C)COC(C)(CC)CC/C=C(\C)CC.C=C(C)OC(C)(CC)CC/C=C(\C)CC.C=CC(C)(O)CC/C=C(\C)CC.CC(=O)OC(C)=O.CC/C(C)=C/CCC(C)(CC)OC.CC/C(C)=C/CCC(C)(O)CC.CC/C(C)=C/CCC(C)(O)CC.CC/C(C)=C/CCC(C)(O)CC.CC/C(C)=C/CCC(C)(O)CC.[HH]. The number of methoxy groups -OCH3 is 1. The van der Waals surface area contributed by atoms with Crippen molar-refractivity contribution >= 4 is 11.9 Å². The molecule has 121 heavy (non-hydrogen) atoms. The van der Waals surface area contributed by atoms with Crippen LogP contribution >= 0.6 is 0 Å². The van der Waals surface area contributed by atoms with Crippen LogP contribution < -0.4 is 0 Å². The molecule has 0 aromatic rings. The van der Waals surface area contributed by atoms with Gasteiger partial charge >= 0.3 is 11.9 Å². The van der Waals surface area contributed by atoms with E-state index in [2.05, 4.69) is 239 Å². The summed E-state index contributed by atoms with van der Waals surface area (Å²) in [5, 5.41) is 48.3. The molecule has 12 heteroatoms. The fraction of sp³-hybridized carbons (Fsp3) is 0.761. The zero-order valence-corrected chi connectivity index (χ0v) is 87.8. The third-order valence-corrected chi connectivity index (χ3v) is 22.8. The molecule has 0 spiro atoms. The van der Waals surface area contributed by atoms with Crippen LogP contribution in [-0.2, 0) is 33.3 Å². The highest BCUT2D eigenvalue weighted by atomic mass is 16.6. The first kappa shape index (κ1) is 137. The molecule has 1 aliphatic heterocycles. The largest absolute Gasteiger partial charge is 0.493 e. The van der Waals surface area contributed by atoms with Crippen LogP contribution in [0.1, 0.15) is 476 Å². The fourth-order valence-electron chi connectivity index (χ4n) is 9.47. The van der Waals surface area contributed by atoms with Crippen LogP contribution in [0.25, 0.3) is 0 Å². The van der Waals surface area contributed by atoms with Crippen LogP contribution in [0.15, 0.2) is 142 Å². The van der Waals surface area contributed by atoms with Gasteiger partial charge in [0.25, 0.3) is 0 Å². The number of hydrogen-bond acceptors (Lipinski definition) is 12. The maximum absolute atomic E-state index is 9.81. The molecular weight excluding hydrogens is 1500 g/mol. The van der Waals surface area contributed by atoms with Crippen LogP contribution in [-0.4, -0.2) is 109 Å². The third kappa shape index (κ3) is 110. The van der Waals surface area contributed by atoms with Crippen molar-refractivity contribution in [1.29, 1.82) is 0 Å². The Labute approximate surface area is 756 Å². The van der Waals surface area contributed by atoms with Gasteiger partial charge in [-0.15, -0.1) is 13.2 Å². The Hall–Kier alpha value is -4.50. The molecule has 0 aliphatic carbocycles. The first-order valence-electron chi connectivity index (χ1n) is 47.5. The lowest BCUT2D eigenvalue weighted by atomic mass is 9.96. The van der Waals surface area contributed by atoms with E-state index in [4.69, 9.17) is 18.9 Å². The summed E-state index contributed by atoms with van der Waals surface area (Å²) in [5.41, 5.74) is 11.3. The van der Waals surface area contributed by atoms with E-state index in [1.165, 1.54) is 76.8 Å². The van der Waals surface area contributed by atoms with Crippen LogP contribution in [0.2, 0.25) is 0 Å². The first-order chi connectivity index (χ1) is 55.9. The summed E-state index contributed by atoms with van der Waals surface area (Å²) < 4.78 is 26.1. The fourth-order valence-corrected chi connectivity index (χ4v) is 9.47. The number of carbonyl (C=O) groups excluding carboxylic acids is 2. The van der Waals surface area contributed by atoms with Gasteiger partial charge < -0.3 is 49.2 Å². The summed E-state index contributed by atoms with van der Waals surface area (Å²) in [4.78, 5) is 19.6. The van der Waals surface area contributed by atoms with Gasteiger partial charge in [0, 0.05) is 35.6 Å². The van der Waals surface area contributed by atoms with Crippen LogP contribution in [0, 0.1) is 0 Å². The van der Waals surface area contributed by atoms with E-state index >= 15 is 0 Å². The van der Waals surface area contributed by atoms with Crippen molar-refractivity contribution in [2.75, 3.05) is 26.9 Å². The maximum Gasteiger partial charge on any atom is 0.310 e. The molecule has 0 radical (unpaired) electrons. The minimum atomic E-state index is -0.704. The Morgan fingerprint density at radius 1 is 0.339 bits per heavy atom. The molecule has 0 saturated carbocycles. The smallest absolute Gasteiger partial charge is 0.310 e. The molecule has 1 fully saturated rings. The molecule has 12 nitrogen and oxygen atoms in total. The zero-order chi connectivity index (χ0) is 96.6. The van der Waals surface area contributed by atoms with E-state index in [9.17, 15) is 35.1 Å². The van der Waals surface area contributed by atoms with E-state index in [0.29, 0.717) is 6.61 Å². The standard InChI is InChI=1S/C15H28O.C14H26O.C12H24O.4C11H22O.C11H20O.C5H10.C4H6O3.C4H8O.H2/c1-7-14(5)10-9-11-15(6,8-2)16-12-13(3)4;1-7-13(5)10-9-11-14(6,8-2)15-12(3)4;1-6-11(3)9-8-10-12(4,7-2)13-5;5*1-5-10(3)8-7-9-11(4,12)6-2;1-4-5(2)3;1-3(5)7-4(2)6;1-2-4-5-3-1;/h10H,3,7-9,11-12H2,1-2,4-6H3;10H,3,7-9,11H2,1-2,4-6H3;9H,6-8,10H2,1-5H3;4*8,12H,5-7,9H2,1-4H3;6,8,12H,2,5,7,9H2,1,3-4H3;2,4H2,1,3H3;1-2H3;1-4H2;1H/b14-10+;13-10+;11-9+;5*10-8+;;;;. The average Bonchev–Trinajstić information content (AvgIpc) is 1.12. The van der Waals surface area contributed by atoms with Gasteiger partial charge in [-0.3, -0.25) is 9.59 Å². The number of rotatable bonds is 47. The van der Waals surface area contributed by atoms with E-state index in [1.54, 1.807) is 20.1 Å². The lowest BCUT2D eigenvalue weighted by Gasteiger charge is -2.29. The summed E-state index contributed by atoms with van der Waals surface area (Å²) >= 11 is 0. The molecule has 5 N–H and O–H groups in total. The molecular formula is C109H212O12. The number of carbonyl (C=O) groups is 2. The summed E-state index contributed by atoms with van der Waals surface area (Å²) in [6, 6.07) is 0. The predicted molar refractivity (Wildman–Crippen MR) is 540 cm³/mol. The highest BCUT2D eigenvalue weighted by Crippen LogP contribution is 2.28. The molecule has 0 amide bonds. The minimum Gasteiger partial charge on any atom is -0.493 e. The number of allylic oxidation sites excluding steroid dienone is 18. The number of aliphatic hydroxyl groups is 5. The van der Waals surface area contributed by atoms with Gasteiger partial charge in [-0.05, 0) is 350 Å². The monoisotopic (exact) mass is 1710 g/mol. The predicted octanol–water partition coefficient (Wildman–Crippen LogP) is 33.0. The van der Waals surface area contributed by atoms with Crippen molar-refractivity contribution in [2.45, 2.75) is 519 Å².